The van der Waals surface area contributed by atoms with Crippen LogP contribution in [0.1, 0.15) is 20.3 Å². The van der Waals surface area contributed by atoms with Crippen LogP contribution in [-0.2, 0) is 0 Å². The van der Waals surface area contributed by atoms with Gasteiger partial charge in [0.05, 0.1) is 11.1 Å². The van der Waals surface area contributed by atoms with E-state index in [1.807, 2.05) is 6.92 Å². The largest absolute Gasteiger partial charge is 0.489 e. The van der Waals surface area contributed by atoms with E-state index in [4.69, 9.17) is 27.9 Å². The number of ether oxygens (including phenoxy) is 1. The zero-order valence-corrected chi connectivity index (χ0v) is 13.2. The lowest BCUT2D eigenvalue weighted by molar-refractivity contribution is 0.100. The Hall–Kier alpha value is -0.520. The van der Waals surface area contributed by atoms with E-state index >= 15 is 0 Å². The number of hydrogen-bond acceptors (Lipinski definition) is 4. The highest BCUT2D eigenvalue weighted by Gasteiger charge is 2.11. The van der Waals surface area contributed by atoms with Gasteiger partial charge in [0.1, 0.15) is 18.5 Å². The maximum atomic E-state index is 9.83. The number of nitrogens with one attached hydrogen (secondary N) is 1. The molecule has 1 aromatic carbocycles. The van der Waals surface area contributed by atoms with Gasteiger partial charge in [-0.3, -0.25) is 0 Å². The van der Waals surface area contributed by atoms with E-state index < -0.39 is 6.10 Å². The zero-order valence-electron chi connectivity index (χ0n) is 11.6. The normalized spacial score (nSPS) is 15.7. The molecule has 3 N–H and O–H groups in total. The number of hydrogen-bond donors (Lipinski definition) is 3. The van der Waals surface area contributed by atoms with Crippen LogP contribution in [0, 0.1) is 0 Å². The van der Waals surface area contributed by atoms with Crippen LogP contribution in [-0.4, -0.2) is 41.6 Å². The van der Waals surface area contributed by atoms with Crippen molar-refractivity contribution >= 4 is 23.2 Å². The van der Waals surface area contributed by atoms with E-state index in [1.165, 1.54) is 0 Å². The first-order valence-electron chi connectivity index (χ1n) is 6.56. The summed E-state index contributed by atoms with van der Waals surface area (Å²) in [6, 6.07) is 5.06. The van der Waals surface area contributed by atoms with Gasteiger partial charge in [-0.1, -0.05) is 23.2 Å². The smallest absolute Gasteiger partial charge is 0.139 e. The minimum Gasteiger partial charge on any atom is -0.489 e. The summed E-state index contributed by atoms with van der Waals surface area (Å²) in [4.78, 5) is 0. The second-order valence-electron chi connectivity index (χ2n) is 4.93. The molecule has 4 nitrogen and oxygen atoms in total. The molecule has 0 spiro atoms. The maximum Gasteiger partial charge on any atom is 0.139 e. The Morgan fingerprint density at radius 3 is 2.60 bits per heavy atom. The van der Waals surface area contributed by atoms with Crippen LogP contribution in [0.3, 0.4) is 0 Å². The van der Waals surface area contributed by atoms with Crippen molar-refractivity contribution in [3.8, 4) is 5.75 Å². The zero-order chi connectivity index (χ0) is 15.1. The summed E-state index contributed by atoms with van der Waals surface area (Å²) in [5, 5.41) is 23.2. The highest BCUT2D eigenvalue weighted by atomic mass is 35.5. The molecule has 3 atom stereocenters. The number of rotatable bonds is 8. The number of halogens is 2. The van der Waals surface area contributed by atoms with Gasteiger partial charge < -0.3 is 20.3 Å². The van der Waals surface area contributed by atoms with Gasteiger partial charge in [0, 0.05) is 23.7 Å². The standard InChI is InChI=1S/C14H21Cl2NO3/c1-9(5-10(2)18)17-7-12(19)8-20-14-6-11(15)3-4-13(14)16/h3-4,6,9-10,12,17-19H,5,7-8H2,1-2H3. The molecule has 0 aliphatic heterocycles. The minimum absolute atomic E-state index is 0.120. The first-order chi connectivity index (χ1) is 9.38. The van der Waals surface area contributed by atoms with Crippen LogP contribution < -0.4 is 10.1 Å². The van der Waals surface area contributed by atoms with E-state index in [1.54, 1.807) is 25.1 Å². The number of aliphatic hydroxyl groups excluding tert-OH is 2. The van der Waals surface area contributed by atoms with Crippen molar-refractivity contribution in [1.82, 2.24) is 5.32 Å². The summed E-state index contributed by atoms with van der Waals surface area (Å²) in [5.74, 6) is 0.454. The molecule has 0 radical (unpaired) electrons. The van der Waals surface area contributed by atoms with Crippen LogP contribution in [0.5, 0.6) is 5.75 Å². The molecule has 1 aromatic rings. The fourth-order valence-corrected chi connectivity index (χ4v) is 2.10. The average molecular weight is 322 g/mol. The van der Waals surface area contributed by atoms with E-state index in [0.717, 1.165) is 0 Å². The predicted octanol–water partition coefficient (Wildman–Crippen LogP) is 2.48. The fourth-order valence-electron chi connectivity index (χ4n) is 1.76. The molecule has 0 saturated carbocycles. The van der Waals surface area contributed by atoms with Crippen LogP contribution in [0.2, 0.25) is 10.0 Å². The number of aliphatic hydroxyl groups is 2. The Morgan fingerprint density at radius 2 is 1.95 bits per heavy atom. The third-order valence-electron chi connectivity index (χ3n) is 2.72. The van der Waals surface area contributed by atoms with Gasteiger partial charge >= 0.3 is 0 Å². The Morgan fingerprint density at radius 1 is 1.25 bits per heavy atom. The Labute approximate surface area is 129 Å². The Balaban J connectivity index is 2.32. The monoisotopic (exact) mass is 321 g/mol. The molecular formula is C14H21Cl2NO3. The molecule has 0 saturated heterocycles. The van der Waals surface area contributed by atoms with Crippen molar-refractivity contribution in [1.29, 1.82) is 0 Å². The van der Waals surface area contributed by atoms with Gasteiger partial charge in [-0.15, -0.1) is 0 Å². The number of benzene rings is 1. The van der Waals surface area contributed by atoms with Crippen molar-refractivity contribution in [3.63, 3.8) is 0 Å². The van der Waals surface area contributed by atoms with Gasteiger partial charge in [-0.05, 0) is 32.4 Å². The molecule has 0 aliphatic rings. The van der Waals surface area contributed by atoms with Gasteiger partial charge in [0.2, 0.25) is 0 Å². The van der Waals surface area contributed by atoms with E-state index in [-0.39, 0.29) is 18.8 Å². The van der Waals surface area contributed by atoms with Crippen LogP contribution >= 0.6 is 23.2 Å². The van der Waals surface area contributed by atoms with Crippen molar-refractivity contribution in [3.05, 3.63) is 28.2 Å². The molecule has 0 amide bonds. The molecule has 6 heteroatoms. The van der Waals surface area contributed by atoms with E-state index in [0.29, 0.717) is 28.8 Å². The molecule has 3 unspecified atom stereocenters. The minimum atomic E-state index is -0.665. The van der Waals surface area contributed by atoms with Crippen LogP contribution in [0.25, 0.3) is 0 Å². The lowest BCUT2D eigenvalue weighted by Crippen LogP contribution is -2.37. The molecule has 20 heavy (non-hydrogen) atoms. The first kappa shape index (κ1) is 17.5. The molecule has 114 valence electrons. The van der Waals surface area contributed by atoms with E-state index in [9.17, 15) is 10.2 Å². The molecular weight excluding hydrogens is 301 g/mol. The lowest BCUT2D eigenvalue weighted by Gasteiger charge is -2.18. The first-order valence-corrected chi connectivity index (χ1v) is 7.31. The highest BCUT2D eigenvalue weighted by Crippen LogP contribution is 2.27. The third kappa shape index (κ3) is 6.77. The summed E-state index contributed by atoms with van der Waals surface area (Å²) < 4.78 is 5.44. The van der Waals surface area contributed by atoms with Crippen LogP contribution in [0.4, 0.5) is 0 Å². The van der Waals surface area contributed by atoms with Crippen LogP contribution in [0.15, 0.2) is 18.2 Å². The molecule has 0 fully saturated rings. The van der Waals surface area contributed by atoms with Gasteiger partial charge in [0.15, 0.2) is 0 Å². The second kappa shape index (κ2) is 8.70. The Bertz CT molecular complexity index is 415. The quantitative estimate of drug-likeness (QED) is 0.688. The predicted molar refractivity (Wildman–Crippen MR) is 81.7 cm³/mol. The average Bonchev–Trinajstić information content (AvgIpc) is 2.36. The van der Waals surface area contributed by atoms with Gasteiger partial charge in [0.25, 0.3) is 0 Å². The molecule has 0 heterocycles. The lowest BCUT2D eigenvalue weighted by atomic mass is 10.1. The SMILES string of the molecule is CC(O)CC(C)NCC(O)COc1cc(Cl)ccc1Cl. The maximum absolute atomic E-state index is 9.83. The molecule has 0 aliphatic carbocycles. The summed E-state index contributed by atoms with van der Waals surface area (Å²) >= 11 is 11.8. The summed E-state index contributed by atoms with van der Waals surface area (Å²) in [5.41, 5.74) is 0. The second-order valence-corrected chi connectivity index (χ2v) is 5.78. The summed E-state index contributed by atoms with van der Waals surface area (Å²) in [7, 11) is 0. The van der Waals surface area contributed by atoms with E-state index in [2.05, 4.69) is 5.32 Å². The fraction of sp³-hybridized carbons (Fsp3) is 0.571. The molecule has 0 bridgehead atoms. The topological polar surface area (TPSA) is 61.7 Å². The van der Waals surface area contributed by atoms with Crippen molar-refractivity contribution in [2.75, 3.05) is 13.2 Å². The van der Waals surface area contributed by atoms with Crippen molar-refractivity contribution in [2.45, 2.75) is 38.5 Å². The van der Waals surface area contributed by atoms with Crippen molar-refractivity contribution < 1.29 is 14.9 Å². The summed E-state index contributed by atoms with van der Waals surface area (Å²) in [6.45, 7) is 4.19. The molecule has 0 aromatic heterocycles. The van der Waals surface area contributed by atoms with Gasteiger partial charge in [-0.25, -0.2) is 0 Å². The highest BCUT2D eigenvalue weighted by molar-refractivity contribution is 6.34. The van der Waals surface area contributed by atoms with Gasteiger partial charge in [-0.2, -0.15) is 0 Å². The summed E-state index contributed by atoms with van der Waals surface area (Å²) in [6.07, 6.45) is -0.397. The van der Waals surface area contributed by atoms with Crippen molar-refractivity contribution in [2.24, 2.45) is 0 Å². The molecule has 1 rings (SSSR count). The third-order valence-corrected chi connectivity index (χ3v) is 3.27. The Kier molecular flexibility index (Phi) is 7.62.